The van der Waals surface area contributed by atoms with E-state index < -0.39 is 5.91 Å². The molecule has 0 unspecified atom stereocenters. The Morgan fingerprint density at radius 2 is 2.04 bits per heavy atom. The van der Waals surface area contributed by atoms with Gasteiger partial charge in [-0.1, -0.05) is 41.7 Å². The molecule has 3 aromatic rings. The first-order chi connectivity index (χ1) is 13.6. The number of nitrogens with two attached hydrogens (primary N) is 1. The van der Waals surface area contributed by atoms with Crippen LogP contribution in [0, 0.1) is 13.8 Å². The van der Waals surface area contributed by atoms with Gasteiger partial charge in [0.2, 0.25) is 0 Å². The van der Waals surface area contributed by atoms with E-state index in [1.165, 1.54) is 17.6 Å². The Morgan fingerprint density at radius 1 is 1.25 bits per heavy atom. The zero-order chi connectivity index (χ0) is 19.9. The number of rotatable bonds is 6. The van der Waals surface area contributed by atoms with Gasteiger partial charge in [-0.15, -0.1) is 10.2 Å². The minimum absolute atomic E-state index is 0.0328. The monoisotopic (exact) mass is 394 g/mol. The molecule has 2 aromatic heterocycles. The fourth-order valence-electron chi connectivity index (χ4n) is 2.26. The van der Waals surface area contributed by atoms with Crippen LogP contribution >= 0.6 is 11.3 Å². The van der Waals surface area contributed by atoms with Crippen LogP contribution in [0.5, 0.6) is 0 Å². The summed E-state index contributed by atoms with van der Waals surface area (Å²) in [6, 6.07) is 9.71. The van der Waals surface area contributed by atoms with Crippen LogP contribution in [0.1, 0.15) is 16.4 Å². The molecule has 0 aliphatic heterocycles. The Balaban J connectivity index is 1.62. The highest BCUT2D eigenvalue weighted by Gasteiger charge is 2.12. The average molecular weight is 394 g/mol. The molecular formula is C18H18N8OS. The third kappa shape index (κ3) is 4.80. The van der Waals surface area contributed by atoms with E-state index in [4.69, 9.17) is 5.84 Å². The third-order valence-electron chi connectivity index (χ3n) is 3.61. The molecule has 3 rings (SSSR count). The highest BCUT2D eigenvalue weighted by atomic mass is 32.1. The Kier molecular flexibility index (Phi) is 6.12. The summed E-state index contributed by atoms with van der Waals surface area (Å²) in [6.07, 6.45) is 2.86. The van der Waals surface area contributed by atoms with Crippen molar-refractivity contribution in [2.75, 3.05) is 0 Å². The van der Waals surface area contributed by atoms with Gasteiger partial charge in [-0.25, -0.2) is 9.98 Å². The number of amides is 1. The molecule has 0 aliphatic rings. The first-order valence-corrected chi connectivity index (χ1v) is 9.16. The van der Waals surface area contributed by atoms with Gasteiger partial charge in [-0.2, -0.15) is 5.10 Å². The number of aliphatic imine (C=N–C) groups is 1. The smallest absolute Gasteiger partial charge is 0.273 e. The third-order valence-corrected chi connectivity index (χ3v) is 4.58. The van der Waals surface area contributed by atoms with Crippen molar-refractivity contribution < 1.29 is 4.79 Å². The first-order valence-electron chi connectivity index (χ1n) is 8.35. The van der Waals surface area contributed by atoms with Gasteiger partial charge in [0.05, 0.1) is 30.3 Å². The molecule has 0 saturated heterocycles. The number of aromatic nitrogens is 4. The molecule has 0 bridgehead atoms. The van der Waals surface area contributed by atoms with Gasteiger partial charge in [0.25, 0.3) is 5.91 Å². The summed E-state index contributed by atoms with van der Waals surface area (Å²) < 4.78 is 0. The maximum Gasteiger partial charge on any atom is 0.273 e. The molecule has 0 aliphatic carbocycles. The number of benzene rings is 1. The molecule has 10 heteroatoms. The molecule has 1 aromatic carbocycles. The Bertz CT molecular complexity index is 1030. The zero-order valence-corrected chi connectivity index (χ0v) is 16.1. The Morgan fingerprint density at radius 3 is 2.75 bits per heavy atom. The van der Waals surface area contributed by atoms with Crippen LogP contribution in [0.2, 0.25) is 0 Å². The van der Waals surface area contributed by atoms with Gasteiger partial charge in [0.1, 0.15) is 10.0 Å². The number of hydrogen-bond donors (Lipinski definition) is 2. The lowest BCUT2D eigenvalue weighted by Crippen LogP contribution is -2.32. The summed E-state index contributed by atoms with van der Waals surface area (Å²) in [6.45, 7) is 3.83. The quantitative estimate of drug-likeness (QED) is 0.373. The van der Waals surface area contributed by atoms with Crippen molar-refractivity contribution in [3.63, 3.8) is 0 Å². The number of nitrogens with zero attached hydrogens (tertiary/aromatic N) is 6. The Labute approximate surface area is 165 Å². The topological polar surface area (TPSA) is 131 Å². The SMILES string of the molecule is Cc1cnc(N=C/C(=N\N)C(=O)NCc2nnc(-c3ccccc3)s2)c(C)n1. The van der Waals surface area contributed by atoms with Gasteiger partial charge >= 0.3 is 0 Å². The van der Waals surface area contributed by atoms with Crippen molar-refractivity contribution >= 4 is 35.0 Å². The van der Waals surface area contributed by atoms with E-state index in [9.17, 15) is 4.79 Å². The molecule has 9 nitrogen and oxygen atoms in total. The van der Waals surface area contributed by atoms with E-state index in [0.717, 1.165) is 16.3 Å². The summed E-state index contributed by atoms with van der Waals surface area (Å²) in [5.74, 6) is 5.25. The summed E-state index contributed by atoms with van der Waals surface area (Å²) in [4.78, 5) is 24.9. The van der Waals surface area contributed by atoms with Crippen molar-refractivity contribution in [3.8, 4) is 10.6 Å². The number of nitrogens with one attached hydrogen (secondary N) is 1. The molecule has 1 amide bonds. The van der Waals surface area contributed by atoms with E-state index in [2.05, 4.69) is 35.6 Å². The minimum Gasteiger partial charge on any atom is -0.344 e. The molecule has 2 heterocycles. The zero-order valence-electron chi connectivity index (χ0n) is 15.3. The summed E-state index contributed by atoms with van der Waals surface area (Å²) >= 11 is 1.40. The number of aryl methyl sites for hydroxylation is 2. The van der Waals surface area contributed by atoms with Crippen LogP contribution in [-0.4, -0.2) is 38.0 Å². The molecule has 0 saturated carbocycles. The standard InChI is InChI=1S/C18H18N8OS/c1-11-8-20-16(12(2)23-11)21-9-14(24-19)17(27)22-10-15-25-26-18(28-15)13-6-4-3-5-7-13/h3-9H,10,19H2,1-2H3,(H,22,27)/b21-9?,24-14+. The molecule has 142 valence electrons. The number of carbonyl (C=O) groups is 1. The second kappa shape index (κ2) is 8.91. The molecular weight excluding hydrogens is 376 g/mol. The van der Waals surface area contributed by atoms with E-state index >= 15 is 0 Å². The largest absolute Gasteiger partial charge is 0.344 e. The molecule has 3 N–H and O–H groups in total. The number of hydrazone groups is 1. The fraction of sp³-hybridized carbons (Fsp3) is 0.167. The van der Waals surface area contributed by atoms with Crippen molar-refractivity contribution in [1.29, 1.82) is 0 Å². The summed E-state index contributed by atoms with van der Waals surface area (Å²) in [5, 5.41) is 15.9. The van der Waals surface area contributed by atoms with Crippen LogP contribution in [0.4, 0.5) is 5.82 Å². The summed E-state index contributed by atoms with van der Waals surface area (Å²) in [5.41, 5.74) is 2.38. The second-order valence-corrected chi connectivity index (χ2v) is 6.80. The lowest BCUT2D eigenvalue weighted by Gasteiger charge is -2.02. The predicted molar refractivity (Wildman–Crippen MR) is 108 cm³/mol. The van der Waals surface area contributed by atoms with Crippen LogP contribution in [-0.2, 0) is 11.3 Å². The molecule has 28 heavy (non-hydrogen) atoms. The van der Waals surface area contributed by atoms with Gasteiger partial charge < -0.3 is 11.2 Å². The lowest BCUT2D eigenvalue weighted by atomic mass is 10.2. The van der Waals surface area contributed by atoms with E-state index in [0.29, 0.717) is 16.5 Å². The fourth-order valence-corrected chi connectivity index (χ4v) is 3.04. The maximum atomic E-state index is 12.3. The maximum absolute atomic E-state index is 12.3. The number of hydrogen-bond acceptors (Lipinski definition) is 9. The number of carbonyl (C=O) groups excluding carboxylic acids is 1. The molecule has 0 spiro atoms. The van der Waals surface area contributed by atoms with E-state index in [1.54, 1.807) is 13.1 Å². The van der Waals surface area contributed by atoms with Crippen LogP contribution in [0.15, 0.2) is 46.6 Å². The van der Waals surface area contributed by atoms with Crippen molar-refractivity contribution in [1.82, 2.24) is 25.5 Å². The Hall–Kier alpha value is -3.53. The van der Waals surface area contributed by atoms with Crippen molar-refractivity contribution in [2.24, 2.45) is 15.9 Å². The molecule has 0 atom stereocenters. The van der Waals surface area contributed by atoms with Crippen LogP contribution < -0.4 is 11.2 Å². The summed E-state index contributed by atoms with van der Waals surface area (Å²) in [7, 11) is 0. The van der Waals surface area contributed by atoms with E-state index in [-0.39, 0.29) is 12.3 Å². The molecule has 0 fully saturated rings. The van der Waals surface area contributed by atoms with Gasteiger partial charge in [-0.05, 0) is 13.8 Å². The van der Waals surface area contributed by atoms with Crippen molar-refractivity contribution in [3.05, 3.63) is 52.9 Å². The van der Waals surface area contributed by atoms with Crippen molar-refractivity contribution in [2.45, 2.75) is 20.4 Å². The second-order valence-electron chi connectivity index (χ2n) is 5.74. The van der Waals surface area contributed by atoms with E-state index in [1.807, 2.05) is 37.3 Å². The predicted octanol–water partition coefficient (Wildman–Crippen LogP) is 1.95. The van der Waals surface area contributed by atoms with Crippen LogP contribution in [0.25, 0.3) is 10.6 Å². The lowest BCUT2D eigenvalue weighted by molar-refractivity contribution is -0.114. The van der Waals surface area contributed by atoms with Gasteiger partial charge in [0, 0.05) is 5.56 Å². The normalized spacial score (nSPS) is 11.7. The van der Waals surface area contributed by atoms with Crippen LogP contribution in [0.3, 0.4) is 0 Å². The first kappa shape index (κ1) is 19.2. The van der Waals surface area contributed by atoms with Gasteiger partial charge in [0.15, 0.2) is 11.5 Å². The van der Waals surface area contributed by atoms with Gasteiger partial charge in [-0.3, -0.25) is 9.78 Å². The minimum atomic E-state index is -0.472. The highest BCUT2D eigenvalue weighted by Crippen LogP contribution is 2.22. The average Bonchev–Trinajstić information content (AvgIpc) is 3.18. The highest BCUT2D eigenvalue weighted by molar-refractivity contribution is 7.14. The molecule has 0 radical (unpaired) electrons.